The molecular formula is C14H17Br2NO3S. The van der Waals surface area contributed by atoms with Crippen molar-refractivity contribution in [2.24, 2.45) is 4.99 Å². The first-order chi connectivity index (χ1) is 9.63. The molecule has 0 radical (unpaired) electrons. The van der Waals surface area contributed by atoms with Crippen LogP contribution < -0.4 is 0 Å². The Kier molecular flexibility index (Phi) is 4.97. The molecule has 116 valence electrons. The molecule has 4 nitrogen and oxygen atoms in total. The van der Waals surface area contributed by atoms with Crippen molar-refractivity contribution in [2.75, 3.05) is 5.75 Å². The lowest BCUT2D eigenvalue weighted by Gasteiger charge is -2.27. The Morgan fingerprint density at radius 1 is 1.29 bits per heavy atom. The second-order valence-electron chi connectivity index (χ2n) is 5.55. The lowest BCUT2D eigenvalue weighted by Crippen LogP contribution is -2.28. The van der Waals surface area contributed by atoms with Gasteiger partial charge in [0.05, 0.1) is 11.4 Å². The van der Waals surface area contributed by atoms with Crippen molar-refractivity contribution in [2.45, 2.75) is 38.5 Å². The van der Waals surface area contributed by atoms with E-state index in [9.17, 15) is 8.42 Å². The van der Waals surface area contributed by atoms with Crippen molar-refractivity contribution in [3.05, 3.63) is 26.6 Å². The van der Waals surface area contributed by atoms with Gasteiger partial charge in [0.25, 0.3) is 10.1 Å². The molecule has 1 aromatic carbocycles. The molecule has 0 saturated carbocycles. The zero-order valence-electron chi connectivity index (χ0n) is 11.9. The van der Waals surface area contributed by atoms with Crippen molar-refractivity contribution in [3.8, 4) is 0 Å². The molecule has 0 fully saturated rings. The molecule has 0 aromatic heterocycles. The van der Waals surface area contributed by atoms with Gasteiger partial charge in [0.15, 0.2) is 0 Å². The molecule has 7 heteroatoms. The summed E-state index contributed by atoms with van der Waals surface area (Å²) in [5, 5.41) is 0. The number of rotatable bonds is 5. The summed E-state index contributed by atoms with van der Waals surface area (Å²) in [5.41, 5.74) is 2.93. The van der Waals surface area contributed by atoms with E-state index in [4.69, 9.17) is 4.55 Å². The van der Waals surface area contributed by atoms with E-state index in [1.165, 1.54) is 0 Å². The molecule has 2 rings (SSSR count). The molecule has 1 aromatic rings. The molecule has 1 N–H and O–H groups in total. The molecule has 0 saturated heterocycles. The topological polar surface area (TPSA) is 66.7 Å². The number of unbranched alkanes of at least 4 members (excludes halogenated alkanes) is 1. The van der Waals surface area contributed by atoms with Crippen LogP contribution in [0.5, 0.6) is 0 Å². The highest BCUT2D eigenvalue weighted by Gasteiger charge is 2.38. The fraction of sp³-hybridized carbons (Fsp3) is 0.500. The van der Waals surface area contributed by atoms with Crippen molar-refractivity contribution >= 4 is 53.4 Å². The lowest BCUT2D eigenvalue weighted by atomic mass is 9.76. The van der Waals surface area contributed by atoms with E-state index in [1.54, 1.807) is 0 Å². The number of hydrogen-bond donors (Lipinski definition) is 1. The first kappa shape index (κ1) is 17.1. The smallest absolute Gasteiger partial charge is 0.264 e. The summed E-state index contributed by atoms with van der Waals surface area (Å²) in [6.07, 6.45) is 1.96. The van der Waals surface area contributed by atoms with Crippen LogP contribution in [0.15, 0.2) is 26.1 Å². The Morgan fingerprint density at radius 2 is 1.95 bits per heavy atom. The number of halogens is 2. The van der Waals surface area contributed by atoms with E-state index < -0.39 is 10.1 Å². The van der Waals surface area contributed by atoms with Crippen LogP contribution in [0.3, 0.4) is 0 Å². The Hall–Kier alpha value is -0.240. The summed E-state index contributed by atoms with van der Waals surface area (Å²) >= 11 is 7.07. The molecule has 0 spiro atoms. The predicted octanol–water partition coefficient (Wildman–Crippen LogP) is 4.63. The second-order valence-corrected chi connectivity index (χ2v) is 8.90. The Morgan fingerprint density at radius 3 is 2.57 bits per heavy atom. The average molecular weight is 439 g/mol. The van der Waals surface area contributed by atoms with Crippen LogP contribution in [-0.2, 0) is 15.5 Å². The highest BCUT2D eigenvalue weighted by atomic mass is 79.9. The summed E-state index contributed by atoms with van der Waals surface area (Å²) in [6.45, 7) is 4.13. The van der Waals surface area contributed by atoms with Crippen LogP contribution in [0.25, 0.3) is 0 Å². The molecule has 0 aliphatic carbocycles. The third-order valence-corrected chi connectivity index (χ3v) is 5.89. The monoisotopic (exact) mass is 437 g/mol. The predicted molar refractivity (Wildman–Crippen MR) is 92.2 cm³/mol. The summed E-state index contributed by atoms with van der Waals surface area (Å²) in [7, 11) is -3.87. The van der Waals surface area contributed by atoms with Gasteiger partial charge in [-0.3, -0.25) is 9.55 Å². The van der Waals surface area contributed by atoms with Crippen LogP contribution in [0.4, 0.5) is 5.69 Å². The maximum absolute atomic E-state index is 10.8. The Bertz CT molecular complexity index is 700. The Labute approximate surface area is 142 Å². The summed E-state index contributed by atoms with van der Waals surface area (Å²) in [6, 6.07) is 4.00. The van der Waals surface area contributed by atoms with Gasteiger partial charge < -0.3 is 0 Å². The lowest BCUT2D eigenvalue weighted by molar-refractivity contribution is 0.475. The van der Waals surface area contributed by atoms with Crippen LogP contribution >= 0.6 is 31.9 Å². The number of aliphatic imine (C=N–C) groups is 1. The zero-order valence-corrected chi connectivity index (χ0v) is 15.8. The molecule has 1 heterocycles. The standard InChI is InChI=1S/C14H17Br2NO3S/c1-9-14(2,5-3-4-6-21(18,19)20)13-11(16)7-10(15)8-12(13)17-9/h7-8H,3-6H2,1-2H3,(H,18,19,20). The molecule has 21 heavy (non-hydrogen) atoms. The second kappa shape index (κ2) is 6.10. The first-order valence-electron chi connectivity index (χ1n) is 6.64. The van der Waals surface area contributed by atoms with E-state index in [0.717, 1.165) is 32.3 Å². The van der Waals surface area contributed by atoms with Crippen molar-refractivity contribution in [1.29, 1.82) is 0 Å². The highest BCUT2D eigenvalue weighted by molar-refractivity contribution is 9.11. The summed E-state index contributed by atoms with van der Waals surface area (Å²) in [4.78, 5) is 4.64. The van der Waals surface area contributed by atoms with E-state index >= 15 is 0 Å². The van der Waals surface area contributed by atoms with Gasteiger partial charge in [0, 0.05) is 25.6 Å². The van der Waals surface area contributed by atoms with Gasteiger partial charge in [0.1, 0.15) is 0 Å². The fourth-order valence-corrected chi connectivity index (χ4v) is 4.96. The maximum atomic E-state index is 10.8. The molecule has 1 atom stereocenters. The highest BCUT2D eigenvalue weighted by Crippen LogP contribution is 2.48. The summed E-state index contributed by atoms with van der Waals surface area (Å²) < 4.78 is 32.3. The quantitative estimate of drug-likeness (QED) is 0.538. The van der Waals surface area contributed by atoms with Gasteiger partial charge in [-0.15, -0.1) is 0 Å². The summed E-state index contributed by atoms with van der Waals surface area (Å²) in [5.74, 6) is -0.187. The van der Waals surface area contributed by atoms with Gasteiger partial charge >= 0.3 is 0 Å². The van der Waals surface area contributed by atoms with Gasteiger partial charge in [-0.25, -0.2) is 0 Å². The molecule has 1 aliphatic heterocycles. The van der Waals surface area contributed by atoms with E-state index in [-0.39, 0.29) is 11.2 Å². The SMILES string of the molecule is CC1=Nc2cc(Br)cc(Br)c2C1(C)CCCCS(=O)(=O)O. The van der Waals surface area contributed by atoms with Crippen LogP contribution in [-0.4, -0.2) is 24.4 Å². The van der Waals surface area contributed by atoms with Crippen molar-refractivity contribution < 1.29 is 13.0 Å². The minimum absolute atomic E-state index is 0.187. The third-order valence-electron chi connectivity index (χ3n) is 4.00. The van der Waals surface area contributed by atoms with E-state index in [2.05, 4.69) is 43.8 Å². The molecule has 0 bridgehead atoms. The molecule has 1 aliphatic rings. The number of nitrogens with zero attached hydrogens (tertiary/aromatic N) is 1. The minimum atomic E-state index is -3.87. The fourth-order valence-electron chi connectivity index (χ4n) is 2.75. The first-order valence-corrected chi connectivity index (χ1v) is 9.83. The van der Waals surface area contributed by atoms with Crippen LogP contribution in [0, 0.1) is 0 Å². The molecule has 0 amide bonds. The van der Waals surface area contributed by atoms with Gasteiger partial charge in [-0.05, 0) is 31.9 Å². The number of hydrogen-bond acceptors (Lipinski definition) is 3. The van der Waals surface area contributed by atoms with Gasteiger partial charge in [-0.2, -0.15) is 8.42 Å². The van der Waals surface area contributed by atoms with Crippen LogP contribution in [0.1, 0.15) is 38.7 Å². The molecular weight excluding hydrogens is 422 g/mol. The van der Waals surface area contributed by atoms with E-state index in [0.29, 0.717) is 12.8 Å². The minimum Gasteiger partial charge on any atom is -0.286 e. The maximum Gasteiger partial charge on any atom is 0.264 e. The van der Waals surface area contributed by atoms with Gasteiger partial charge in [-0.1, -0.05) is 45.2 Å². The van der Waals surface area contributed by atoms with Crippen molar-refractivity contribution in [3.63, 3.8) is 0 Å². The number of benzene rings is 1. The number of fused-ring (bicyclic) bond motifs is 1. The van der Waals surface area contributed by atoms with Crippen LogP contribution in [0.2, 0.25) is 0 Å². The Balaban J connectivity index is 2.19. The van der Waals surface area contributed by atoms with Crippen molar-refractivity contribution in [1.82, 2.24) is 0 Å². The van der Waals surface area contributed by atoms with Gasteiger partial charge in [0.2, 0.25) is 0 Å². The normalized spacial score (nSPS) is 21.3. The van der Waals surface area contributed by atoms with E-state index in [1.807, 2.05) is 19.1 Å². The largest absolute Gasteiger partial charge is 0.286 e. The average Bonchev–Trinajstić information content (AvgIpc) is 2.56. The third kappa shape index (κ3) is 3.75. The molecule has 1 unspecified atom stereocenters. The zero-order chi connectivity index (χ0) is 15.8.